The third-order valence-electron chi connectivity index (χ3n) is 2.76. The number of hydrogen-bond donors (Lipinski definition) is 1. The van der Waals surface area contributed by atoms with Crippen molar-refractivity contribution in [2.45, 2.75) is 33.1 Å². The van der Waals surface area contributed by atoms with Gasteiger partial charge in [-0.05, 0) is 24.5 Å². The van der Waals surface area contributed by atoms with E-state index in [1.165, 1.54) is 0 Å². The Bertz CT molecular complexity index is 492. The first kappa shape index (κ1) is 12.6. The molecule has 2 aromatic heterocycles. The molecule has 18 heavy (non-hydrogen) atoms. The summed E-state index contributed by atoms with van der Waals surface area (Å²) < 4.78 is 5.45. The van der Waals surface area contributed by atoms with Crippen molar-refractivity contribution in [1.82, 2.24) is 9.97 Å². The van der Waals surface area contributed by atoms with Crippen LogP contribution in [0, 0.1) is 0 Å². The van der Waals surface area contributed by atoms with Crippen LogP contribution in [0.3, 0.4) is 0 Å². The van der Waals surface area contributed by atoms with Gasteiger partial charge >= 0.3 is 0 Å². The summed E-state index contributed by atoms with van der Waals surface area (Å²) in [5, 5.41) is 3.35. The molecule has 0 amide bonds. The van der Waals surface area contributed by atoms with E-state index in [4.69, 9.17) is 4.42 Å². The highest BCUT2D eigenvalue weighted by molar-refractivity contribution is 5.65. The van der Waals surface area contributed by atoms with Gasteiger partial charge in [-0.15, -0.1) is 0 Å². The molecule has 1 N–H and O–H groups in total. The van der Waals surface area contributed by atoms with Crippen LogP contribution in [-0.2, 0) is 0 Å². The first-order chi connectivity index (χ1) is 8.74. The predicted molar refractivity (Wildman–Crippen MR) is 72.6 cm³/mol. The van der Waals surface area contributed by atoms with Crippen molar-refractivity contribution < 1.29 is 4.42 Å². The molecule has 0 aromatic carbocycles. The van der Waals surface area contributed by atoms with Gasteiger partial charge in [-0.3, -0.25) is 0 Å². The first-order valence-corrected chi connectivity index (χ1v) is 6.36. The topological polar surface area (TPSA) is 51.0 Å². The van der Waals surface area contributed by atoms with E-state index in [9.17, 15) is 0 Å². The highest BCUT2D eigenvalue weighted by Gasteiger charge is 2.17. The largest absolute Gasteiger partial charge is 0.463 e. The van der Waals surface area contributed by atoms with Gasteiger partial charge in [0.25, 0.3) is 0 Å². The van der Waals surface area contributed by atoms with Crippen LogP contribution >= 0.6 is 0 Å². The highest BCUT2D eigenvalue weighted by atomic mass is 16.3. The lowest BCUT2D eigenvalue weighted by molar-refractivity contribution is 0.578. The SMILES string of the molecule is CCCNc1ncnc(-c2ccco2)c1C(C)C. The van der Waals surface area contributed by atoms with Crippen LogP contribution in [0.2, 0.25) is 0 Å². The summed E-state index contributed by atoms with van der Waals surface area (Å²) >= 11 is 0. The van der Waals surface area contributed by atoms with Crippen LogP contribution in [0.1, 0.15) is 38.7 Å². The van der Waals surface area contributed by atoms with Gasteiger partial charge in [-0.1, -0.05) is 20.8 Å². The summed E-state index contributed by atoms with van der Waals surface area (Å²) in [7, 11) is 0. The average Bonchev–Trinajstić information content (AvgIpc) is 2.89. The van der Waals surface area contributed by atoms with Crippen molar-refractivity contribution in [3.05, 3.63) is 30.3 Å². The maximum atomic E-state index is 5.45. The summed E-state index contributed by atoms with van der Waals surface area (Å²) in [5.74, 6) is 2.04. The zero-order valence-corrected chi connectivity index (χ0v) is 11.1. The Kier molecular flexibility index (Phi) is 3.97. The van der Waals surface area contributed by atoms with E-state index >= 15 is 0 Å². The van der Waals surface area contributed by atoms with Gasteiger partial charge in [0.15, 0.2) is 5.76 Å². The number of hydrogen-bond acceptors (Lipinski definition) is 4. The molecule has 4 heteroatoms. The molecule has 4 nitrogen and oxygen atoms in total. The van der Waals surface area contributed by atoms with E-state index < -0.39 is 0 Å². The average molecular weight is 245 g/mol. The fourth-order valence-electron chi connectivity index (χ4n) is 1.94. The molecule has 0 aliphatic carbocycles. The molecule has 0 aliphatic heterocycles. The van der Waals surface area contributed by atoms with Crippen molar-refractivity contribution in [2.24, 2.45) is 0 Å². The minimum absolute atomic E-state index is 0.339. The molecule has 0 aliphatic rings. The van der Waals surface area contributed by atoms with Crippen molar-refractivity contribution in [3.8, 4) is 11.5 Å². The molecule has 2 rings (SSSR count). The number of nitrogens with zero attached hydrogens (tertiary/aromatic N) is 2. The molecule has 2 heterocycles. The lowest BCUT2D eigenvalue weighted by Gasteiger charge is -2.15. The number of furan rings is 1. The van der Waals surface area contributed by atoms with Crippen molar-refractivity contribution >= 4 is 5.82 Å². The third-order valence-corrected chi connectivity index (χ3v) is 2.76. The van der Waals surface area contributed by atoms with Crippen LogP contribution in [0.5, 0.6) is 0 Å². The van der Waals surface area contributed by atoms with Gasteiger partial charge in [0.1, 0.15) is 17.8 Å². The van der Waals surface area contributed by atoms with Gasteiger partial charge in [0.05, 0.1) is 6.26 Å². The zero-order valence-electron chi connectivity index (χ0n) is 11.1. The normalized spacial score (nSPS) is 10.9. The van der Waals surface area contributed by atoms with E-state index in [0.29, 0.717) is 5.92 Å². The van der Waals surface area contributed by atoms with Crippen molar-refractivity contribution in [3.63, 3.8) is 0 Å². The quantitative estimate of drug-likeness (QED) is 0.873. The Labute approximate surface area is 107 Å². The van der Waals surface area contributed by atoms with Crippen molar-refractivity contribution in [2.75, 3.05) is 11.9 Å². The molecule has 0 unspecified atom stereocenters. The molecule has 0 saturated heterocycles. The minimum atomic E-state index is 0.339. The summed E-state index contributed by atoms with van der Waals surface area (Å²) in [6.07, 6.45) is 4.32. The first-order valence-electron chi connectivity index (χ1n) is 6.36. The smallest absolute Gasteiger partial charge is 0.152 e. The summed E-state index contributed by atoms with van der Waals surface area (Å²) in [4.78, 5) is 8.71. The van der Waals surface area contributed by atoms with E-state index in [1.807, 2.05) is 12.1 Å². The van der Waals surface area contributed by atoms with E-state index in [1.54, 1.807) is 12.6 Å². The standard InChI is InChI=1S/C14H19N3O/c1-4-7-15-14-12(10(2)3)13(16-9-17-14)11-6-5-8-18-11/h5-6,8-10H,4,7H2,1-3H3,(H,15,16,17). The van der Waals surface area contributed by atoms with E-state index in [-0.39, 0.29) is 0 Å². The molecule has 0 atom stereocenters. The van der Waals surface area contributed by atoms with E-state index in [0.717, 1.165) is 35.8 Å². The molecule has 0 fully saturated rings. The van der Waals surface area contributed by atoms with Crippen LogP contribution in [-0.4, -0.2) is 16.5 Å². The molecule has 0 radical (unpaired) electrons. The summed E-state index contributed by atoms with van der Waals surface area (Å²) in [6, 6.07) is 3.80. The zero-order chi connectivity index (χ0) is 13.0. The minimum Gasteiger partial charge on any atom is -0.463 e. The third kappa shape index (κ3) is 2.53. The molecule has 0 bridgehead atoms. The molecular weight excluding hydrogens is 226 g/mol. The van der Waals surface area contributed by atoms with Crippen LogP contribution in [0.15, 0.2) is 29.1 Å². The van der Waals surface area contributed by atoms with Gasteiger partial charge in [0.2, 0.25) is 0 Å². The second-order valence-corrected chi connectivity index (χ2v) is 4.54. The predicted octanol–water partition coefficient (Wildman–Crippen LogP) is 3.68. The van der Waals surface area contributed by atoms with E-state index in [2.05, 4.69) is 36.1 Å². The maximum Gasteiger partial charge on any atom is 0.152 e. The molecule has 0 spiro atoms. The Hall–Kier alpha value is -1.84. The monoisotopic (exact) mass is 245 g/mol. The summed E-state index contributed by atoms with van der Waals surface area (Å²) in [6.45, 7) is 7.33. The molecule has 96 valence electrons. The molecule has 0 saturated carbocycles. The van der Waals surface area contributed by atoms with Gasteiger partial charge in [-0.2, -0.15) is 0 Å². The summed E-state index contributed by atoms with van der Waals surface area (Å²) in [5.41, 5.74) is 1.99. The van der Waals surface area contributed by atoms with Gasteiger partial charge in [0, 0.05) is 12.1 Å². The Morgan fingerprint density at radius 2 is 2.17 bits per heavy atom. The number of aromatic nitrogens is 2. The van der Waals surface area contributed by atoms with Crippen LogP contribution in [0.4, 0.5) is 5.82 Å². The van der Waals surface area contributed by atoms with Crippen molar-refractivity contribution in [1.29, 1.82) is 0 Å². The number of anilines is 1. The second kappa shape index (κ2) is 5.67. The molecular formula is C14H19N3O. The van der Waals surface area contributed by atoms with Gasteiger partial charge in [-0.25, -0.2) is 9.97 Å². The van der Waals surface area contributed by atoms with Gasteiger partial charge < -0.3 is 9.73 Å². The second-order valence-electron chi connectivity index (χ2n) is 4.54. The lowest BCUT2D eigenvalue weighted by Crippen LogP contribution is -2.08. The maximum absolute atomic E-state index is 5.45. The Balaban J connectivity index is 2.46. The molecule has 2 aromatic rings. The Morgan fingerprint density at radius 1 is 1.33 bits per heavy atom. The fourth-order valence-corrected chi connectivity index (χ4v) is 1.94. The Morgan fingerprint density at radius 3 is 2.78 bits per heavy atom. The lowest BCUT2D eigenvalue weighted by atomic mass is 10.0. The highest BCUT2D eigenvalue weighted by Crippen LogP contribution is 2.31. The van der Waals surface area contributed by atoms with Crippen LogP contribution < -0.4 is 5.32 Å². The fraction of sp³-hybridized carbons (Fsp3) is 0.429. The van der Waals surface area contributed by atoms with Crippen LogP contribution in [0.25, 0.3) is 11.5 Å². The number of nitrogens with one attached hydrogen (secondary N) is 1. The number of rotatable bonds is 5.